The maximum atomic E-state index is 11.8. The molecule has 0 fully saturated rings. The summed E-state index contributed by atoms with van der Waals surface area (Å²) in [7, 11) is 3.40. The third-order valence-electron chi connectivity index (χ3n) is 3.06. The monoisotopic (exact) mass is 317 g/mol. The van der Waals surface area contributed by atoms with Crippen LogP contribution in [0.4, 0.5) is 11.4 Å². The predicted octanol–water partition coefficient (Wildman–Crippen LogP) is 2.91. The minimum atomic E-state index is -0.722. The molecule has 0 saturated heterocycles. The largest absolute Gasteiger partial charge is 0.462 e. The molecule has 0 spiro atoms. The van der Waals surface area contributed by atoms with E-state index in [9.17, 15) is 14.9 Å². The van der Waals surface area contributed by atoms with Gasteiger partial charge >= 0.3 is 5.97 Å². The van der Waals surface area contributed by atoms with E-state index in [1.165, 1.54) is 12.1 Å². The van der Waals surface area contributed by atoms with Crippen LogP contribution < -0.4 is 4.90 Å². The lowest BCUT2D eigenvalue weighted by molar-refractivity contribution is -0.384. The molecule has 1 aromatic rings. The van der Waals surface area contributed by atoms with Crippen LogP contribution in [0.3, 0.4) is 0 Å². The average molecular weight is 317 g/mol. The SMILES string of the molecule is CCCCOC(=O)/C(C#N)=C/c1ccc(N(C)C)c([N+](=O)[O-])c1. The molecule has 0 bridgehead atoms. The maximum Gasteiger partial charge on any atom is 0.348 e. The molecule has 0 heterocycles. The van der Waals surface area contributed by atoms with Crippen molar-refractivity contribution in [3.63, 3.8) is 0 Å². The first-order valence-corrected chi connectivity index (χ1v) is 7.15. The highest BCUT2D eigenvalue weighted by Gasteiger charge is 2.17. The van der Waals surface area contributed by atoms with Gasteiger partial charge in [0.2, 0.25) is 0 Å². The number of nitro groups is 1. The van der Waals surface area contributed by atoms with Gasteiger partial charge < -0.3 is 9.64 Å². The lowest BCUT2D eigenvalue weighted by Gasteiger charge is -2.12. The zero-order valence-corrected chi connectivity index (χ0v) is 13.4. The Morgan fingerprint density at radius 3 is 2.70 bits per heavy atom. The molecule has 0 aromatic heterocycles. The summed E-state index contributed by atoms with van der Waals surface area (Å²) in [5, 5.41) is 20.2. The maximum absolute atomic E-state index is 11.8. The fourth-order valence-electron chi connectivity index (χ4n) is 1.85. The number of unbranched alkanes of at least 4 members (excludes halogenated alkanes) is 1. The molecule has 0 saturated carbocycles. The van der Waals surface area contributed by atoms with Crippen LogP contribution in [0.15, 0.2) is 23.8 Å². The number of esters is 1. The number of nitriles is 1. The number of nitrogens with zero attached hydrogens (tertiary/aromatic N) is 3. The zero-order chi connectivity index (χ0) is 17.4. The quantitative estimate of drug-likeness (QED) is 0.191. The van der Waals surface area contributed by atoms with E-state index in [4.69, 9.17) is 10.00 Å². The molecule has 0 aliphatic carbocycles. The van der Waals surface area contributed by atoms with Gasteiger partial charge in [-0.2, -0.15) is 5.26 Å². The Balaban J connectivity index is 3.09. The van der Waals surface area contributed by atoms with Gasteiger partial charge in [0.25, 0.3) is 5.69 Å². The van der Waals surface area contributed by atoms with E-state index in [0.29, 0.717) is 17.7 Å². The summed E-state index contributed by atoms with van der Waals surface area (Å²) in [6.45, 7) is 2.20. The Morgan fingerprint density at radius 2 is 2.17 bits per heavy atom. The van der Waals surface area contributed by atoms with Gasteiger partial charge in [0.05, 0.1) is 11.5 Å². The van der Waals surface area contributed by atoms with Crippen molar-refractivity contribution in [2.24, 2.45) is 0 Å². The van der Waals surface area contributed by atoms with Crippen molar-refractivity contribution >= 4 is 23.4 Å². The first kappa shape index (κ1) is 18.2. The first-order valence-electron chi connectivity index (χ1n) is 7.15. The summed E-state index contributed by atoms with van der Waals surface area (Å²) in [4.78, 5) is 24.1. The van der Waals surface area contributed by atoms with E-state index in [2.05, 4.69) is 0 Å². The molecule has 0 atom stereocenters. The second-order valence-electron chi connectivity index (χ2n) is 5.06. The molecule has 7 nitrogen and oxygen atoms in total. The number of rotatable bonds is 7. The van der Waals surface area contributed by atoms with Gasteiger partial charge in [-0.1, -0.05) is 19.4 Å². The highest BCUT2D eigenvalue weighted by Crippen LogP contribution is 2.28. The fraction of sp³-hybridized carbons (Fsp3) is 0.375. The predicted molar refractivity (Wildman–Crippen MR) is 86.9 cm³/mol. The molecule has 7 heteroatoms. The number of hydrogen-bond donors (Lipinski definition) is 0. The van der Waals surface area contributed by atoms with Crippen molar-refractivity contribution < 1.29 is 14.5 Å². The number of benzene rings is 1. The third-order valence-corrected chi connectivity index (χ3v) is 3.06. The molecule has 0 N–H and O–H groups in total. The Kier molecular flexibility index (Phi) is 6.74. The molecule has 122 valence electrons. The number of hydrogen-bond acceptors (Lipinski definition) is 6. The molecule has 0 aliphatic rings. The van der Waals surface area contributed by atoms with Crippen molar-refractivity contribution in [2.75, 3.05) is 25.6 Å². The van der Waals surface area contributed by atoms with Crippen LogP contribution >= 0.6 is 0 Å². The lowest BCUT2D eigenvalue weighted by Crippen LogP contribution is -2.11. The number of nitro benzene ring substituents is 1. The molecule has 23 heavy (non-hydrogen) atoms. The van der Waals surface area contributed by atoms with Crippen LogP contribution in [-0.2, 0) is 9.53 Å². The van der Waals surface area contributed by atoms with E-state index >= 15 is 0 Å². The van der Waals surface area contributed by atoms with E-state index in [1.807, 2.05) is 6.92 Å². The van der Waals surface area contributed by atoms with Crippen LogP contribution in [0.25, 0.3) is 6.08 Å². The number of carbonyl (C=O) groups excluding carboxylic acids is 1. The smallest absolute Gasteiger partial charge is 0.348 e. The molecule has 1 rings (SSSR count). The van der Waals surface area contributed by atoms with Gasteiger partial charge in [0.1, 0.15) is 17.3 Å². The molecule has 0 amide bonds. The Hall–Kier alpha value is -2.88. The zero-order valence-electron chi connectivity index (χ0n) is 13.4. The molecule has 0 radical (unpaired) electrons. The van der Waals surface area contributed by atoms with Gasteiger partial charge in [-0.15, -0.1) is 0 Å². The lowest BCUT2D eigenvalue weighted by atomic mass is 10.1. The Labute approximate surface area is 134 Å². The highest BCUT2D eigenvalue weighted by molar-refractivity contribution is 5.98. The number of carbonyl (C=O) groups is 1. The van der Waals surface area contributed by atoms with E-state index in [-0.39, 0.29) is 17.9 Å². The summed E-state index contributed by atoms with van der Waals surface area (Å²) in [5.41, 5.74) is 0.552. The van der Waals surface area contributed by atoms with Crippen LogP contribution in [0, 0.1) is 21.4 Å². The van der Waals surface area contributed by atoms with Gasteiger partial charge in [-0.3, -0.25) is 10.1 Å². The van der Waals surface area contributed by atoms with Crippen molar-refractivity contribution in [1.29, 1.82) is 5.26 Å². The molecule has 0 unspecified atom stereocenters. The van der Waals surface area contributed by atoms with Crippen molar-refractivity contribution in [2.45, 2.75) is 19.8 Å². The van der Waals surface area contributed by atoms with Crippen molar-refractivity contribution in [3.05, 3.63) is 39.4 Å². The Bertz CT molecular complexity index is 660. The van der Waals surface area contributed by atoms with Crippen molar-refractivity contribution in [3.8, 4) is 6.07 Å². The van der Waals surface area contributed by atoms with Gasteiger partial charge in [0.15, 0.2) is 0 Å². The van der Waals surface area contributed by atoms with Crippen LogP contribution in [0.5, 0.6) is 0 Å². The Morgan fingerprint density at radius 1 is 1.48 bits per heavy atom. The number of ether oxygens (including phenoxy) is 1. The minimum Gasteiger partial charge on any atom is -0.462 e. The number of anilines is 1. The van der Waals surface area contributed by atoms with Gasteiger partial charge in [-0.25, -0.2) is 4.79 Å². The second kappa shape index (κ2) is 8.54. The third kappa shape index (κ3) is 5.11. The summed E-state index contributed by atoms with van der Waals surface area (Å²) < 4.78 is 4.98. The molecular weight excluding hydrogens is 298 g/mol. The van der Waals surface area contributed by atoms with Gasteiger partial charge in [-0.05, 0) is 24.1 Å². The van der Waals surface area contributed by atoms with Crippen molar-refractivity contribution in [1.82, 2.24) is 0 Å². The highest BCUT2D eigenvalue weighted by atomic mass is 16.6. The molecule has 0 aliphatic heterocycles. The fourth-order valence-corrected chi connectivity index (χ4v) is 1.85. The summed E-state index contributed by atoms with van der Waals surface area (Å²) in [5.74, 6) is -0.722. The van der Waals surface area contributed by atoms with E-state index in [0.717, 1.165) is 6.42 Å². The van der Waals surface area contributed by atoms with Gasteiger partial charge in [0, 0.05) is 20.2 Å². The van der Waals surface area contributed by atoms with E-state index in [1.54, 1.807) is 37.2 Å². The van der Waals surface area contributed by atoms with E-state index < -0.39 is 10.9 Å². The second-order valence-corrected chi connectivity index (χ2v) is 5.06. The standard InChI is InChI=1S/C16H19N3O4/c1-4-5-8-23-16(20)13(11-17)9-12-6-7-14(18(2)3)15(10-12)19(21)22/h6-7,9-10H,4-5,8H2,1-3H3/b13-9+. The topological polar surface area (TPSA) is 96.5 Å². The molecule has 1 aromatic carbocycles. The minimum absolute atomic E-state index is 0.0969. The summed E-state index contributed by atoms with van der Waals surface area (Å²) >= 11 is 0. The average Bonchev–Trinajstić information content (AvgIpc) is 2.52. The first-order chi connectivity index (χ1) is 10.9. The van der Waals surface area contributed by atoms with Crippen LogP contribution in [0.2, 0.25) is 0 Å². The normalized spacial score (nSPS) is 10.8. The summed E-state index contributed by atoms with van der Waals surface area (Å²) in [6.07, 6.45) is 2.88. The van der Waals surface area contributed by atoms with Crippen LogP contribution in [0.1, 0.15) is 25.3 Å². The summed E-state index contributed by atoms with van der Waals surface area (Å²) in [6, 6.07) is 6.28. The molecular formula is C16H19N3O4. The van der Waals surface area contributed by atoms with Crippen LogP contribution in [-0.4, -0.2) is 31.6 Å².